The van der Waals surface area contributed by atoms with Crippen molar-refractivity contribution in [3.63, 3.8) is 0 Å². The van der Waals surface area contributed by atoms with E-state index in [4.69, 9.17) is 4.74 Å². The van der Waals surface area contributed by atoms with Gasteiger partial charge in [0.05, 0.1) is 23.6 Å². The molecule has 2 saturated heterocycles. The number of halogens is 3. The summed E-state index contributed by atoms with van der Waals surface area (Å²) >= 11 is 0. The van der Waals surface area contributed by atoms with Crippen LogP contribution in [0.15, 0.2) is 37.1 Å². The second-order valence-electron chi connectivity index (χ2n) is 11.0. The van der Waals surface area contributed by atoms with Crippen LogP contribution in [0.3, 0.4) is 0 Å². The molecule has 0 radical (unpaired) electrons. The molecular weight excluding hydrogens is 523 g/mol. The number of nitrogens with zero attached hydrogens (tertiary/aromatic N) is 8. The number of H-pyrrole nitrogens is 1. The fourth-order valence-electron chi connectivity index (χ4n) is 5.87. The van der Waals surface area contributed by atoms with Gasteiger partial charge >= 0.3 is 6.18 Å². The minimum absolute atomic E-state index is 0.0232. The number of aromatic amines is 1. The summed E-state index contributed by atoms with van der Waals surface area (Å²) in [5, 5.41) is 5.59. The number of hydrogen-bond acceptors (Lipinski definition) is 8. The van der Waals surface area contributed by atoms with E-state index in [1.807, 2.05) is 23.1 Å². The molecule has 4 aromatic rings. The summed E-state index contributed by atoms with van der Waals surface area (Å²) in [4.78, 5) is 23.8. The molecular formula is C27H30F3N9O. The molecule has 0 amide bonds. The van der Waals surface area contributed by atoms with Gasteiger partial charge in [-0.1, -0.05) is 0 Å². The average molecular weight is 554 g/mol. The first-order chi connectivity index (χ1) is 19.4. The number of alkyl halides is 3. The molecule has 6 heterocycles. The highest BCUT2D eigenvalue weighted by atomic mass is 19.4. The van der Waals surface area contributed by atoms with Crippen molar-refractivity contribution in [2.75, 3.05) is 26.2 Å². The molecule has 0 unspecified atom stereocenters. The summed E-state index contributed by atoms with van der Waals surface area (Å²) in [5.41, 5.74) is 3.00. The summed E-state index contributed by atoms with van der Waals surface area (Å²) in [6, 6.07) is 4.34. The van der Waals surface area contributed by atoms with Crippen LogP contribution in [0.4, 0.5) is 13.2 Å². The molecule has 0 spiro atoms. The van der Waals surface area contributed by atoms with E-state index in [2.05, 4.69) is 46.0 Å². The van der Waals surface area contributed by atoms with Crippen LogP contribution in [0.1, 0.15) is 49.7 Å². The lowest BCUT2D eigenvalue weighted by atomic mass is 9.84. The number of nitrogens with one attached hydrogen (secondary N) is 1. The zero-order valence-corrected chi connectivity index (χ0v) is 21.9. The van der Waals surface area contributed by atoms with Gasteiger partial charge < -0.3 is 9.72 Å². The number of piperidine rings is 1. The van der Waals surface area contributed by atoms with Crippen LogP contribution in [-0.4, -0.2) is 82.8 Å². The van der Waals surface area contributed by atoms with Gasteiger partial charge in [0.2, 0.25) is 11.7 Å². The highest BCUT2D eigenvalue weighted by Gasteiger charge is 2.38. The van der Waals surface area contributed by atoms with Crippen molar-refractivity contribution in [2.24, 2.45) is 0 Å². The fraction of sp³-hybridized carbons (Fsp3) is 0.519. The molecule has 40 heavy (non-hydrogen) atoms. The average Bonchev–Trinajstić information content (AvgIpc) is 3.56. The largest absolute Gasteiger partial charge is 0.474 e. The van der Waals surface area contributed by atoms with Crippen molar-refractivity contribution in [3.8, 4) is 17.1 Å². The van der Waals surface area contributed by atoms with Crippen molar-refractivity contribution in [1.29, 1.82) is 0 Å². The topological polar surface area (TPSA) is 101 Å². The number of rotatable bonds is 7. The summed E-state index contributed by atoms with van der Waals surface area (Å²) < 4.78 is 48.3. The lowest BCUT2D eigenvalue weighted by molar-refractivity contribution is -0.145. The third-order valence-corrected chi connectivity index (χ3v) is 8.32. The summed E-state index contributed by atoms with van der Waals surface area (Å²) in [5.74, 6) is -1.10. The monoisotopic (exact) mass is 553 g/mol. The molecule has 13 heteroatoms. The highest BCUT2D eigenvalue weighted by molar-refractivity contribution is 5.89. The Morgan fingerprint density at radius 2 is 1.85 bits per heavy atom. The molecule has 10 nitrogen and oxygen atoms in total. The Labute approximate surface area is 228 Å². The van der Waals surface area contributed by atoms with Crippen molar-refractivity contribution >= 4 is 11.0 Å². The van der Waals surface area contributed by atoms with Gasteiger partial charge in [0.15, 0.2) is 0 Å². The summed E-state index contributed by atoms with van der Waals surface area (Å²) in [7, 11) is 0. The van der Waals surface area contributed by atoms with E-state index in [9.17, 15) is 13.2 Å². The van der Waals surface area contributed by atoms with Gasteiger partial charge in [0, 0.05) is 55.1 Å². The van der Waals surface area contributed by atoms with Gasteiger partial charge in [0.1, 0.15) is 18.1 Å². The molecule has 4 aromatic heterocycles. The Bertz CT molecular complexity index is 1480. The zero-order valence-electron chi connectivity index (χ0n) is 21.9. The standard InChI is InChI=1S/C27H30F3N9O/c28-27(29,30)26-35-18(15-37-6-1-7-37)10-23(36-26)40-21-3-8-38(9-4-21)19-11-20(12-19)39-14-17(13-34-39)24-22-2-5-31-25(22)33-16-32-24/h2,5,10,13-14,16,19-21H,1,3-4,6-9,11-12,15H2,(H,31,32,33). The van der Waals surface area contributed by atoms with Crippen molar-refractivity contribution in [1.82, 2.24) is 44.5 Å². The minimum atomic E-state index is -4.61. The molecule has 2 aliphatic heterocycles. The quantitative estimate of drug-likeness (QED) is 0.366. The van der Waals surface area contributed by atoms with Crippen LogP contribution in [0.5, 0.6) is 5.88 Å². The van der Waals surface area contributed by atoms with Gasteiger partial charge in [0.25, 0.3) is 0 Å². The molecule has 3 fully saturated rings. The van der Waals surface area contributed by atoms with Crippen LogP contribution in [0.25, 0.3) is 22.3 Å². The predicted octanol–water partition coefficient (Wildman–Crippen LogP) is 4.08. The smallest absolute Gasteiger partial charge is 0.451 e. The normalized spacial score (nSPS) is 22.8. The van der Waals surface area contributed by atoms with Crippen molar-refractivity contribution in [3.05, 3.63) is 48.6 Å². The van der Waals surface area contributed by atoms with E-state index in [0.717, 1.165) is 80.6 Å². The summed E-state index contributed by atoms with van der Waals surface area (Å²) in [6.07, 6.45) is 7.15. The van der Waals surface area contributed by atoms with Crippen LogP contribution in [-0.2, 0) is 12.7 Å². The van der Waals surface area contributed by atoms with E-state index in [0.29, 0.717) is 24.3 Å². The Hall–Kier alpha value is -3.58. The third kappa shape index (κ3) is 5.03. The second kappa shape index (κ2) is 10.1. The number of aromatic nitrogens is 7. The number of ether oxygens (including phenoxy) is 1. The molecule has 7 rings (SSSR count). The Balaban J connectivity index is 0.934. The SMILES string of the molecule is FC(F)(F)c1nc(CN2CCC2)cc(OC2CCN(C3CC(n4cc(-c5ncnc6[nH]ccc56)cn4)C3)CC2)n1. The van der Waals surface area contributed by atoms with Gasteiger partial charge in [-0.3, -0.25) is 14.5 Å². The number of likely N-dealkylation sites (tertiary alicyclic amines) is 2. The zero-order chi connectivity index (χ0) is 27.3. The van der Waals surface area contributed by atoms with Gasteiger partial charge in [-0.2, -0.15) is 23.3 Å². The first-order valence-electron chi connectivity index (χ1n) is 13.8. The van der Waals surface area contributed by atoms with E-state index in [-0.39, 0.29) is 12.0 Å². The van der Waals surface area contributed by atoms with Gasteiger partial charge in [-0.15, -0.1) is 0 Å². The maximum Gasteiger partial charge on any atom is 0.451 e. The van der Waals surface area contributed by atoms with E-state index < -0.39 is 12.0 Å². The Kier molecular flexibility index (Phi) is 6.42. The van der Waals surface area contributed by atoms with Crippen LogP contribution in [0, 0.1) is 0 Å². The molecule has 210 valence electrons. The highest BCUT2D eigenvalue weighted by Crippen LogP contribution is 2.38. The maximum atomic E-state index is 13.4. The first kappa shape index (κ1) is 25.4. The minimum Gasteiger partial charge on any atom is -0.474 e. The van der Waals surface area contributed by atoms with Gasteiger partial charge in [-0.25, -0.2) is 15.0 Å². The van der Waals surface area contributed by atoms with Crippen LogP contribution in [0.2, 0.25) is 0 Å². The van der Waals surface area contributed by atoms with Crippen LogP contribution < -0.4 is 4.74 Å². The molecule has 3 aliphatic rings. The van der Waals surface area contributed by atoms with Crippen molar-refractivity contribution in [2.45, 2.75) is 63.0 Å². The predicted molar refractivity (Wildman–Crippen MR) is 139 cm³/mol. The molecule has 0 atom stereocenters. The molecule has 0 aromatic carbocycles. The lowest BCUT2D eigenvalue weighted by Crippen LogP contribution is -2.50. The lowest BCUT2D eigenvalue weighted by Gasteiger charge is -2.45. The van der Waals surface area contributed by atoms with E-state index >= 15 is 0 Å². The number of fused-ring (bicyclic) bond motifs is 1. The molecule has 0 bridgehead atoms. The third-order valence-electron chi connectivity index (χ3n) is 8.32. The molecule has 1 N–H and O–H groups in total. The fourth-order valence-corrected chi connectivity index (χ4v) is 5.87. The van der Waals surface area contributed by atoms with Crippen LogP contribution >= 0.6 is 0 Å². The van der Waals surface area contributed by atoms with Gasteiger partial charge in [-0.05, 0) is 51.3 Å². The Morgan fingerprint density at radius 1 is 1.02 bits per heavy atom. The Morgan fingerprint density at radius 3 is 2.60 bits per heavy atom. The van der Waals surface area contributed by atoms with Crippen molar-refractivity contribution < 1.29 is 17.9 Å². The molecule has 1 saturated carbocycles. The maximum absolute atomic E-state index is 13.4. The first-order valence-corrected chi connectivity index (χ1v) is 13.8. The van der Waals surface area contributed by atoms with E-state index in [1.54, 1.807) is 12.4 Å². The molecule has 1 aliphatic carbocycles. The number of hydrogen-bond donors (Lipinski definition) is 1. The van der Waals surface area contributed by atoms with E-state index in [1.165, 1.54) is 0 Å². The second-order valence-corrected chi connectivity index (χ2v) is 11.0. The summed E-state index contributed by atoms with van der Waals surface area (Å²) in [6.45, 7) is 3.83.